The molecule has 1 aromatic carbocycles. The van der Waals surface area contributed by atoms with Crippen LogP contribution in [-0.4, -0.2) is 9.97 Å². The van der Waals surface area contributed by atoms with E-state index in [1.807, 2.05) is 54.3 Å². The standard InChI is InChI=1S/C13H10ClN3.HI/c1-17-6-4-9(5-7-17)13-15-11-3-2-10(14)8-12(11)16-13;/h2-8H,1H3;1H. The number of H-pyrrole nitrogens is 1. The average Bonchev–Trinajstić information content (AvgIpc) is 2.72. The van der Waals surface area contributed by atoms with E-state index in [-0.39, 0.29) is 24.0 Å². The molecule has 92 valence electrons. The maximum atomic E-state index is 5.94. The molecule has 0 aliphatic heterocycles. The Labute approximate surface area is 127 Å². The highest BCUT2D eigenvalue weighted by atomic mass is 127. The summed E-state index contributed by atoms with van der Waals surface area (Å²) >= 11 is 5.94. The van der Waals surface area contributed by atoms with Crippen molar-refractivity contribution < 1.29 is 28.5 Å². The molecule has 3 nitrogen and oxygen atoms in total. The summed E-state index contributed by atoms with van der Waals surface area (Å²) in [6.45, 7) is 0. The van der Waals surface area contributed by atoms with Gasteiger partial charge in [0, 0.05) is 22.7 Å². The Hall–Kier alpha value is -1.14. The number of aromatic nitrogens is 3. The smallest absolute Gasteiger partial charge is 0.169 e. The predicted octanol–water partition coefficient (Wildman–Crippen LogP) is -0.288. The van der Waals surface area contributed by atoms with Gasteiger partial charge in [0.15, 0.2) is 12.4 Å². The molecule has 0 atom stereocenters. The fourth-order valence-corrected chi connectivity index (χ4v) is 1.95. The van der Waals surface area contributed by atoms with Gasteiger partial charge in [-0.1, -0.05) is 11.6 Å². The minimum Gasteiger partial charge on any atom is -1.00 e. The van der Waals surface area contributed by atoms with E-state index in [1.54, 1.807) is 0 Å². The summed E-state index contributed by atoms with van der Waals surface area (Å²) in [4.78, 5) is 7.80. The summed E-state index contributed by atoms with van der Waals surface area (Å²) in [6.07, 6.45) is 3.99. The van der Waals surface area contributed by atoms with Crippen molar-refractivity contribution in [3.8, 4) is 11.4 Å². The van der Waals surface area contributed by atoms with E-state index in [4.69, 9.17) is 11.6 Å². The van der Waals surface area contributed by atoms with Gasteiger partial charge >= 0.3 is 0 Å². The molecule has 0 spiro atoms. The van der Waals surface area contributed by atoms with Gasteiger partial charge in [0.1, 0.15) is 12.9 Å². The molecule has 1 N–H and O–H groups in total. The van der Waals surface area contributed by atoms with Gasteiger partial charge in [0.05, 0.1) is 11.0 Å². The van der Waals surface area contributed by atoms with Gasteiger partial charge in [0.25, 0.3) is 0 Å². The van der Waals surface area contributed by atoms with Crippen molar-refractivity contribution in [1.29, 1.82) is 0 Å². The lowest BCUT2D eigenvalue weighted by molar-refractivity contribution is -0.671. The summed E-state index contributed by atoms with van der Waals surface area (Å²) in [7, 11) is 1.99. The summed E-state index contributed by atoms with van der Waals surface area (Å²) in [5, 5.41) is 0.715. The first-order chi connectivity index (χ1) is 8.22. The van der Waals surface area contributed by atoms with Gasteiger partial charge in [-0.3, -0.25) is 0 Å². The topological polar surface area (TPSA) is 32.6 Å². The van der Waals surface area contributed by atoms with Crippen LogP contribution < -0.4 is 28.5 Å². The molecule has 3 rings (SSSR count). The zero-order valence-electron chi connectivity index (χ0n) is 9.69. The van der Waals surface area contributed by atoms with Gasteiger partial charge in [-0.2, -0.15) is 0 Å². The fraction of sp³-hybridized carbons (Fsp3) is 0.0769. The first-order valence-electron chi connectivity index (χ1n) is 5.33. The number of nitrogens with zero attached hydrogens (tertiary/aromatic N) is 2. The van der Waals surface area contributed by atoms with Crippen molar-refractivity contribution in [3.63, 3.8) is 0 Å². The third-order valence-corrected chi connectivity index (χ3v) is 2.93. The van der Waals surface area contributed by atoms with Crippen molar-refractivity contribution in [2.24, 2.45) is 7.05 Å². The summed E-state index contributed by atoms with van der Waals surface area (Å²) in [5.41, 5.74) is 2.95. The molecule has 0 unspecified atom stereocenters. The van der Waals surface area contributed by atoms with Crippen LogP contribution in [0.1, 0.15) is 0 Å². The second-order valence-corrected chi connectivity index (χ2v) is 4.44. The molecule has 0 fully saturated rings. The zero-order chi connectivity index (χ0) is 11.8. The van der Waals surface area contributed by atoms with Crippen molar-refractivity contribution in [1.82, 2.24) is 9.97 Å². The fourth-order valence-electron chi connectivity index (χ4n) is 1.78. The molecule has 2 heterocycles. The second-order valence-electron chi connectivity index (χ2n) is 4.00. The Morgan fingerprint density at radius 3 is 2.61 bits per heavy atom. The van der Waals surface area contributed by atoms with Crippen molar-refractivity contribution in [2.75, 3.05) is 0 Å². The number of pyridine rings is 1. The highest BCUT2D eigenvalue weighted by molar-refractivity contribution is 6.31. The summed E-state index contributed by atoms with van der Waals surface area (Å²) in [6, 6.07) is 9.70. The van der Waals surface area contributed by atoms with Crippen molar-refractivity contribution in [2.45, 2.75) is 0 Å². The molecular weight excluding hydrogens is 361 g/mol. The lowest BCUT2D eigenvalue weighted by Crippen LogP contribution is -3.00. The number of aromatic amines is 1. The van der Waals surface area contributed by atoms with Gasteiger partial charge in [-0.25, -0.2) is 9.55 Å². The van der Waals surface area contributed by atoms with Crippen LogP contribution in [0.4, 0.5) is 0 Å². The zero-order valence-corrected chi connectivity index (χ0v) is 12.6. The quantitative estimate of drug-likeness (QED) is 0.463. The van der Waals surface area contributed by atoms with E-state index in [0.29, 0.717) is 5.02 Å². The number of benzene rings is 1. The Morgan fingerprint density at radius 2 is 1.89 bits per heavy atom. The normalized spacial score (nSPS) is 10.3. The van der Waals surface area contributed by atoms with E-state index < -0.39 is 0 Å². The Bertz CT molecular complexity index is 676. The molecular formula is C13H11ClIN3. The molecule has 0 saturated heterocycles. The van der Waals surface area contributed by atoms with Gasteiger partial charge in [-0.15, -0.1) is 0 Å². The molecule has 0 aliphatic rings. The first kappa shape index (κ1) is 13.3. The van der Waals surface area contributed by atoms with Crippen LogP contribution in [0, 0.1) is 0 Å². The number of fused-ring (bicyclic) bond motifs is 1. The Kier molecular flexibility index (Phi) is 3.87. The van der Waals surface area contributed by atoms with Crippen LogP contribution in [0.5, 0.6) is 0 Å². The summed E-state index contributed by atoms with van der Waals surface area (Å²) < 4.78 is 1.99. The molecule has 3 aromatic rings. The van der Waals surface area contributed by atoms with Gasteiger partial charge in [0.2, 0.25) is 0 Å². The molecule has 18 heavy (non-hydrogen) atoms. The molecule has 0 aliphatic carbocycles. The lowest BCUT2D eigenvalue weighted by Gasteiger charge is -1.93. The number of halogens is 2. The minimum absolute atomic E-state index is 0. The largest absolute Gasteiger partial charge is 1.00 e. The molecule has 2 aromatic heterocycles. The van der Waals surface area contributed by atoms with Crippen molar-refractivity contribution in [3.05, 3.63) is 47.7 Å². The maximum absolute atomic E-state index is 5.94. The van der Waals surface area contributed by atoms with E-state index in [9.17, 15) is 0 Å². The van der Waals surface area contributed by atoms with Crippen LogP contribution in [0.25, 0.3) is 22.4 Å². The SMILES string of the molecule is C[n+]1ccc(-c2nc3ccc(Cl)cc3[nH]2)cc1.[I-]. The highest BCUT2D eigenvalue weighted by Gasteiger charge is 2.06. The number of hydrogen-bond acceptors (Lipinski definition) is 1. The van der Waals surface area contributed by atoms with Crippen LogP contribution in [-0.2, 0) is 7.05 Å². The van der Waals surface area contributed by atoms with Crippen LogP contribution >= 0.6 is 11.6 Å². The third kappa shape index (κ3) is 2.49. The molecule has 5 heteroatoms. The number of imidazole rings is 1. The maximum Gasteiger partial charge on any atom is 0.169 e. The Morgan fingerprint density at radius 1 is 1.17 bits per heavy atom. The third-order valence-electron chi connectivity index (χ3n) is 2.70. The van der Waals surface area contributed by atoms with E-state index in [2.05, 4.69) is 9.97 Å². The van der Waals surface area contributed by atoms with Crippen LogP contribution in [0.3, 0.4) is 0 Å². The van der Waals surface area contributed by atoms with E-state index in [0.717, 1.165) is 22.4 Å². The number of nitrogens with one attached hydrogen (secondary N) is 1. The van der Waals surface area contributed by atoms with Gasteiger partial charge < -0.3 is 29.0 Å². The second kappa shape index (κ2) is 5.24. The first-order valence-corrected chi connectivity index (χ1v) is 5.71. The van der Waals surface area contributed by atoms with Gasteiger partial charge in [-0.05, 0) is 18.2 Å². The highest BCUT2D eigenvalue weighted by Crippen LogP contribution is 2.21. The minimum atomic E-state index is 0. The number of hydrogen-bond donors (Lipinski definition) is 1. The molecule has 0 amide bonds. The number of aryl methyl sites for hydroxylation is 1. The van der Waals surface area contributed by atoms with E-state index in [1.165, 1.54) is 0 Å². The predicted molar refractivity (Wildman–Crippen MR) is 67.7 cm³/mol. The Balaban J connectivity index is 0.00000120. The van der Waals surface area contributed by atoms with Crippen molar-refractivity contribution >= 4 is 22.6 Å². The van der Waals surface area contributed by atoms with Crippen LogP contribution in [0.15, 0.2) is 42.7 Å². The summed E-state index contributed by atoms with van der Waals surface area (Å²) in [5.74, 6) is 0.864. The lowest BCUT2D eigenvalue weighted by atomic mass is 10.2. The van der Waals surface area contributed by atoms with Crippen LogP contribution in [0.2, 0.25) is 5.02 Å². The average molecular weight is 372 g/mol. The monoisotopic (exact) mass is 371 g/mol. The van der Waals surface area contributed by atoms with E-state index >= 15 is 0 Å². The molecule has 0 bridgehead atoms. The molecule has 0 saturated carbocycles. The number of rotatable bonds is 1. The molecule has 0 radical (unpaired) electrons.